The molecule has 0 aliphatic rings. The van der Waals surface area contributed by atoms with Gasteiger partial charge in [0, 0.05) is 0 Å². The van der Waals surface area contributed by atoms with Crippen LogP contribution < -0.4 is 0 Å². The van der Waals surface area contributed by atoms with E-state index in [9.17, 15) is 19.8 Å². The molecular weight excluding hydrogens is 380 g/mol. The number of aliphatic hydroxyl groups is 2. The molecule has 0 aromatic rings. The SMILES string of the molecule is CCOC(=O)C(O)[CH2][Ti]([CH2]C(O)C(=O)OCC)([O]CC(C)C)[O]C(C)C. The second-order valence-corrected chi connectivity index (χ2v) is 11.7. The van der Waals surface area contributed by atoms with E-state index < -0.39 is 41.5 Å². The van der Waals surface area contributed by atoms with Crippen LogP contribution in [0.2, 0.25) is 9.45 Å². The average molecular weight is 414 g/mol. The summed E-state index contributed by atoms with van der Waals surface area (Å²) in [5.74, 6) is -1.36. The Bertz CT molecular complexity index is 401. The first-order chi connectivity index (χ1) is 12.1. The monoisotopic (exact) mass is 414 g/mol. The number of ether oxygens (including phenoxy) is 2. The van der Waals surface area contributed by atoms with Crippen LogP contribution in [0.1, 0.15) is 41.5 Å². The van der Waals surface area contributed by atoms with Gasteiger partial charge >= 0.3 is 160 Å². The zero-order valence-electron chi connectivity index (χ0n) is 16.7. The number of hydrogen-bond acceptors (Lipinski definition) is 8. The van der Waals surface area contributed by atoms with Crippen molar-refractivity contribution >= 4 is 11.9 Å². The Kier molecular flexibility index (Phi) is 12.6. The summed E-state index contributed by atoms with van der Waals surface area (Å²) >= 11 is -3.96. The van der Waals surface area contributed by atoms with E-state index in [1.165, 1.54) is 0 Å². The van der Waals surface area contributed by atoms with Crippen LogP contribution in [0.25, 0.3) is 0 Å². The van der Waals surface area contributed by atoms with Gasteiger partial charge < -0.3 is 0 Å². The van der Waals surface area contributed by atoms with Crippen molar-refractivity contribution in [1.82, 2.24) is 0 Å². The van der Waals surface area contributed by atoms with E-state index in [0.29, 0.717) is 6.61 Å². The van der Waals surface area contributed by atoms with Gasteiger partial charge in [0.1, 0.15) is 0 Å². The molecule has 0 rings (SSSR count). The molecule has 0 saturated carbocycles. The summed E-state index contributed by atoms with van der Waals surface area (Å²) in [6.07, 6.45) is -3.13. The zero-order chi connectivity index (χ0) is 20.3. The zero-order valence-corrected chi connectivity index (χ0v) is 18.3. The second kappa shape index (κ2) is 12.8. The number of carbonyl (C=O) groups excluding carboxylic acids is 2. The summed E-state index contributed by atoms with van der Waals surface area (Å²) in [7, 11) is 0. The van der Waals surface area contributed by atoms with Gasteiger partial charge in [0.2, 0.25) is 0 Å². The fraction of sp³-hybridized carbons (Fsp3) is 0.882. The number of rotatable bonds is 13. The van der Waals surface area contributed by atoms with Crippen molar-refractivity contribution < 1.29 is 53.3 Å². The van der Waals surface area contributed by atoms with Gasteiger partial charge in [0.05, 0.1) is 0 Å². The van der Waals surface area contributed by atoms with Gasteiger partial charge in [-0.15, -0.1) is 0 Å². The van der Waals surface area contributed by atoms with E-state index in [1.807, 2.05) is 13.8 Å². The van der Waals surface area contributed by atoms with Gasteiger partial charge in [-0.3, -0.25) is 0 Å². The van der Waals surface area contributed by atoms with Gasteiger partial charge in [0.25, 0.3) is 0 Å². The molecule has 2 atom stereocenters. The number of carbonyl (C=O) groups is 2. The predicted octanol–water partition coefficient (Wildman–Crippen LogP) is 1.75. The number of esters is 2. The Hall–Kier alpha value is -0.506. The molecule has 0 spiro atoms. The number of aliphatic hydroxyl groups excluding tert-OH is 2. The van der Waals surface area contributed by atoms with Crippen LogP contribution in [0.4, 0.5) is 0 Å². The Morgan fingerprint density at radius 2 is 1.31 bits per heavy atom. The Balaban J connectivity index is 5.50. The molecule has 0 amide bonds. The van der Waals surface area contributed by atoms with Gasteiger partial charge in [-0.1, -0.05) is 0 Å². The van der Waals surface area contributed by atoms with Crippen molar-refractivity contribution in [2.75, 3.05) is 19.8 Å². The summed E-state index contributed by atoms with van der Waals surface area (Å²) in [5.41, 5.74) is 0. The van der Waals surface area contributed by atoms with Crippen molar-refractivity contribution in [1.29, 1.82) is 0 Å². The van der Waals surface area contributed by atoms with Crippen LogP contribution >= 0.6 is 0 Å². The molecule has 154 valence electrons. The molecule has 9 heteroatoms. The standard InChI is InChI=1S/2C5H9O3.C4H9O.C3H7O.Ti/c2*1-3-8-5(7)4(2)6;1-4(2)3-5;1-3(2)4;/h2*4,6H,2-3H2,1H3;4H,3H2,1-2H3;3H,1-2H3;/q;;2*-1;+2. The van der Waals surface area contributed by atoms with Crippen molar-refractivity contribution in [3.8, 4) is 0 Å². The molecule has 8 nitrogen and oxygen atoms in total. The third-order valence-corrected chi connectivity index (χ3v) is 8.90. The quantitative estimate of drug-likeness (QED) is 0.346. The van der Waals surface area contributed by atoms with E-state index in [1.54, 1.807) is 27.7 Å². The van der Waals surface area contributed by atoms with Crippen molar-refractivity contribution in [2.45, 2.75) is 69.3 Å². The molecule has 0 radical (unpaired) electrons. The molecule has 0 aliphatic heterocycles. The summed E-state index contributed by atoms with van der Waals surface area (Å²) in [6.45, 7) is 11.4. The van der Waals surface area contributed by atoms with Crippen LogP contribution in [0.3, 0.4) is 0 Å². The average Bonchev–Trinajstić information content (AvgIpc) is 2.52. The van der Waals surface area contributed by atoms with Crippen LogP contribution in [0, 0.1) is 5.92 Å². The van der Waals surface area contributed by atoms with Crippen LogP contribution in [0.5, 0.6) is 0 Å². The predicted molar refractivity (Wildman–Crippen MR) is 91.9 cm³/mol. The molecule has 0 aromatic heterocycles. The number of hydrogen-bond donors (Lipinski definition) is 2. The van der Waals surface area contributed by atoms with E-state index in [4.69, 9.17) is 16.1 Å². The second-order valence-electron chi connectivity index (χ2n) is 6.73. The fourth-order valence-electron chi connectivity index (χ4n) is 2.31. The Morgan fingerprint density at radius 1 is 0.885 bits per heavy atom. The normalized spacial score (nSPS) is 16.2. The summed E-state index contributed by atoms with van der Waals surface area (Å²) in [5, 5.41) is 20.5. The third kappa shape index (κ3) is 9.99. The van der Waals surface area contributed by atoms with Gasteiger partial charge in [0.15, 0.2) is 0 Å². The van der Waals surface area contributed by atoms with Gasteiger partial charge in [-0.05, 0) is 0 Å². The first kappa shape index (κ1) is 25.5. The molecule has 0 aromatic carbocycles. The van der Waals surface area contributed by atoms with E-state index in [0.717, 1.165) is 0 Å². The maximum atomic E-state index is 11.9. The van der Waals surface area contributed by atoms with Crippen LogP contribution in [0.15, 0.2) is 0 Å². The minimum absolute atomic E-state index is 0.0970. The Morgan fingerprint density at radius 3 is 1.62 bits per heavy atom. The topological polar surface area (TPSA) is 112 Å². The molecular formula is C17H34O8Ti. The van der Waals surface area contributed by atoms with E-state index in [2.05, 4.69) is 0 Å². The summed E-state index contributed by atoms with van der Waals surface area (Å²) in [4.78, 5) is 23.7. The van der Waals surface area contributed by atoms with Gasteiger partial charge in [-0.25, -0.2) is 0 Å². The molecule has 0 bridgehead atoms. The molecule has 0 fully saturated rings. The third-order valence-electron chi connectivity index (χ3n) is 3.26. The van der Waals surface area contributed by atoms with Crippen molar-refractivity contribution in [3.63, 3.8) is 0 Å². The summed E-state index contributed by atoms with van der Waals surface area (Å²) in [6, 6.07) is 0. The first-order valence-electron chi connectivity index (χ1n) is 9.08. The fourth-order valence-corrected chi connectivity index (χ4v) is 8.04. The van der Waals surface area contributed by atoms with Crippen LogP contribution in [-0.2, 0) is 43.1 Å². The summed E-state index contributed by atoms with van der Waals surface area (Å²) < 4.78 is 21.5. The molecule has 2 N–H and O–H groups in total. The Labute approximate surface area is 160 Å². The van der Waals surface area contributed by atoms with Crippen LogP contribution in [-0.4, -0.2) is 60.3 Å². The molecule has 2 unspecified atom stereocenters. The van der Waals surface area contributed by atoms with Crippen molar-refractivity contribution in [3.05, 3.63) is 0 Å². The van der Waals surface area contributed by atoms with E-state index >= 15 is 0 Å². The van der Waals surface area contributed by atoms with Crippen molar-refractivity contribution in [2.24, 2.45) is 5.92 Å². The first-order valence-corrected chi connectivity index (χ1v) is 12.6. The van der Waals surface area contributed by atoms with Gasteiger partial charge in [-0.2, -0.15) is 0 Å². The minimum atomic E-state index is -3.96. The van der Waals surface area contributed by atoms with E-state index in [-0.39, 0.29) is 34.7 Å². The maximum absolute atomic E-state index is 11.9. The molecule has 0 aliphatic carbocycles. The molecule has 26 heavy (non-hydrogen) atoms. The molecule has 0 heterocycles. The molecule has 0 saturated heterocycles.